The van der Waals surface area contributed by atoms with Gasteiger partial charge in [0, 0.05) is 31.1 Å². The highest BCUT2D eigenvalue weighted by Crippen LogP contribution is 2.11. The average molecular weight is 288 g/mol. The Hall–Kier alpha value is -1.66. The smallest absolute Gasteiger partial charge is 0.269 e. The molecule has 1 rings (SSSR count). The SMILES string of the molecule is CNCC(C)C(=O)NCc1ccc([N+](=O)[O-])cc1.Cl. The van der Waals surface area contributed by atoms with Gasteiger partial charge in [0.2, 0.25) is 5.91 Å². The molecule has 0 aliphatic heterocycles. The van der Waals surface area contributed by atoms with Crippen LogP contribution in [0.15, 0.2) is 24.3 Å². The van der Waals surface area contributed by atoms with Crippen molar-refractivity contribution in [1.29, 1.82) is 0 Å². The third-order valence-corrected chi connectivity index (χ3v) is 2.57. The number of amides is 1. The van der Waals surface area contributed by atoms with Crippen LogP contribution in [0.2, 0.25) is 0 Å². The highest BCUT2D eigenvalue weighted by Gasteiger charge is 2.11. The van der Waals surface area contributed by atoms with Gasteiger partial charge in [-0.15, -0.1) is 12.4 Å². The molecule has 0 fully saturated rings. The van der Waals surface area contributed by atoms with E-state index in [0.717, 1.165) is 5.56 Å². The molecular formula is C12H18ClN3O3. The molecule has 1 unspecified atom stereocenters. The Morgan fingerprint density at radius 3 is 2.42 bits per heavy atom. The Balaban J connectivity index is 0.00000324. The lowest BCUT2D eigenvalue weighted by Gasteiger charge is -2.11. The fourth-order valence-electron chi connectivity index (χ4n) is 1.50. The van der Waals surface area contributed by atoms with Crippen molar-refractivity contribution in [3.05, 3.63) is 39.9 Å². The zero-order chi connectivity index (χ0) is 13.5. The molecule has 0 aromatic heterocycles. The number of benzene rings is 1. The number of nitrogens with zero attached hydrogens (tertiary/aromatic N) is 1. The molecule has 0 bridgehead atoms. The fourth-order valence-corrected chi connectivity index (χ4v) is 1.50. The highest BCUT2D eigenvalue weighted by atomic mass is 35.5. The zero-order valence-corrected chi connectivity index (χ0v) is 11.7. The number of hydrogen-bond acceptors (Lipinski definition) is 4. The van der Waals surface area contributed by atoms with E-state index >= 15 is 0 Å². The number of carbonyl (C=O) groups is 1. The van der Waals surface area contributed by atoms with Crippen LogP contribution in [0.5, 0.6) is 0 Å². The lowest BCUT2D eigenvalue weighted by atomic mass is 10.1. The van der Waals surface area contributed by atoms with Crippen molar-refractivity contribution in [2.45, 2.75) is 13.5 Å². The monoisotopic (exact) mass is 287 g/mol. The molecule has 0 heterocycles. The van der Waals surface area contributed by atoms with E-state index in [1.54, 1.807) is 19.2 Å². The summed E-state index contributed by atoms with van der Waals surface area (Å²) in [6, 6.07) is 6.14. The third kappa shape index (κ3) is 5.67. The summed E-state index contributed by atoms with van der Waals surface area (Å²) in [6.45, 7) is 2.83. The molecule has 7 heteroatoms. The Morgan fingerprint density at radius 1 is 1.37 bits per heavy atom. The molecule has 0 saturated heterocycles. The van der Waals surface area contributed by atoms with Crippen molar-refractivity contribution >= 4 is 24.0 Å². The number of non-ortho nitro benzene ring substituents is 1. The van der Waals surface area contributed by atoms with E-state index in [0.29, 0.717) is 13.1 Å². The maximum atomic E-state index is 11.6. The molecule has 0 aliphatic rings. The normalized spacial score (nSPS) is 11.3. The number of nitro benzene ring substituents is 1. The first-order valence-electron chi connectivity index (χ1n) is 5.70. The van der Waals surface area contributed by atoms with Crippen molar-refractivity contribution in [2.75, 3.05) is 13.6 Å². The molecule has 1 aromatic rings. The lowest BCUT2D eigenvalue weighted by Crippen LogP contribution is -2.33. The minimum absolute atomic E-state index is 0. The van der Waals surface area contributed by atoms with Crippen LogP contribution in [0.25, 0.3) is 0 Å². The zero-order valence-electron chi connectivity index (χ0n) is 10.9. The van der Waals surface area contributed by atoms with Gasteiger partial charge in [-0.25, -0.2) is 0 Å². The van der Waals surface area contributed by atoms with Crippen LogP contribution in [0.1, 0.15) is 12.5 Å². The van der Waals surface area contributed by atoms with Crippen LogP contribution >= 0.6 is 12.4 Å². The third-order valence-electron chi connectivity index (χ3n) is 2.57. The first kappa shape index (κ1) is 17.3. The maximum absolute atomic E-state index is 11.6. The minimum Gasteiger partial charge on any atom is -0.352 e. The number of carbonyl (C=O) groups excluding carboxylic acids is 1. The summed E-state index contributed by atoms with van der Waals surface area (Å²) >= 11 is 0. The molecule has 1 amide bonds. The van der Waals surface area contributed by atoms with E-state index in [-0.39, 0.29) is 29.9 Å². The lowest BCUT2D eigenvalue weighted by molar-refractivity contribution is -0.384. The second-order valence-corrected chi connectivity index (χ2v) is 4.10. The number of nitrogens with one attached hydrogen (secondary N) is 2. The maximum Gasteiger partial charge on any atom is 0.269 e. The topological polar surface area (TPSA) is 84.3 Å². The van der Waals surface area contributed by atoms with E-state index < -0.39 is 4.92 Å². The summed E-state index contributed by atoms with van der Waals surface area (Å²) in [5.41, 5.74) is 0.888. The van der Waals surface area contributed by atoms with E-state index in [1.807, 2.05) is 6.92 Å². The fraction of sp³-hybridized carbons (Fsp3) is 0.417. The van der Waals surface area contributed by atoms with E-state index in [9.17, 15) is 14.9 Å². The van der Waals surface area contributed by atoms with Gasteiger partial charge in [0.15, 0.2) is 0 Å². The van der Waals surface area contributed by atoms with Gasteiger partial charge in [-0.05, 0) is 12.6 Å². The summed E-state index contributed by atoms with van der Waals surface area (Å²) < 4.78 is 0. The van der Waals surface area contributed by atoms with Gasteiger partial charge >= 0.3 is 0 Å². The van der Waals surface area contributed by atoms with Crippen LogP contribution in [-0.2, 0) is 11.3 Å². The van der Waals surface area contributed by atoms with Gasteiger partial charge in [0.1, 0.15) is 0 Å². The molecular weight excluding hydrogens is 270 g/mol. The van der Waals surface area contributed by atoms with Gasteiger partial charge in [-0.2, -0.15) is 0 Å². The van der Waals surface area contributed by atoms with Gasteiger partial charge in [0.05, 0.1) is 4.92 Å². The summed E-state index contributed by atoms with van der Waals surface area (Å²) in [5.74, 6) is -0.143. The molecule has 0 radical (unpaired) electrons. The van der Waals surface area contributed by atoms with Crippen LogP contribution in [0, 0.1) is 16.0 Å². The Bertz CT molecular complexity index is 423. The molecule has 1 atom stereocenters. The molecule has 1 aromatic carbocycles. The first-order chi connectivity index (χ1) is 8.54. The first-order valence-corrected chi connectivity index (χ1v) is 5.70. The second-order valence-electron chi connectivity index (χ2n) is 4.10. The molecule has 19 heavy (non-hydrogen) atoms. The van der Waals surface area contributed by atoms with Gasteiger partial charge in [-0.3, -0.25) is 14.9 Å². The summed E-state index contributed by atoms with van der Waals surface area (Å²) in [4.78, 5) is 21.6. The number of hydrogen-bond donors (Lipinski definition) is 2. The predicted octanol–water partition coefficient (Wildman–Crippen LogP) is 1.49. The van der Waals surface area contributed by atoms with Crippen LogP contribution in [0.4, 0.5) is 5.69 Å². The van der Waals surface area contributed by atoms with Gasteiger partial charge < -0.3 is 10.6 Å². The Kier molecular flexibility index (Phi) is 7.71. The van der Waals surface area contributed by atoms with Crippen molar-refractivity contribution < 1.29 is 9.72 Å². The number of rotatable bonds is 6. The predicted molar refractivity (Wildman–Crippen MR) is 75.3 cm³/mol. The van der Waals surface area contributed by atoms with Crippen LogP contribution in [0.3, 0.4) is 0 Å². The minimum atomic E-state index is -0.447. The van der Waals surface area contributed by atoms with Gasteiger partial charge in [-0.1, -0.05) is 19.1 Å². The molecule has 2 N–H and O–H groups in total. The number of nitro groups is 1. The number of halogens is 1. The highest BCUT2D eigenvalue weighted by molar-refractivity contribution is 5.85. The molecule has 0 spiro atoms. The molecule has 0 saturated carbocycles. The Morgan fingerprint density at radius 2 is 1.95 bits per heavy atom. The average Bonchev–Trinajstić information content (AvgIpc) is 2.36. The van der Waals surface area contributed by atoms with E-state index in [2.05, 4.69) is 10.6 Å². The summed E-state index contributed by atoms with van der Waals surface area (Å²) in [5, 5.41) is 16.2. The molecule has 6 nitrogen and oxygen atoms in total. The second kappa shape index (κ2) is 8.44. The van der Waals surface area contributed by atoms with E-state index in [1.165, 1.54) is 12.1 Å². The standard InChI is InChI=1S/C12H17N3O3.ClH/c1-9(7-13-2)12(16)14-8-10-3-5-11(6-4-10)15(17)18;/h3-6,9,13H,7-8H2,1-2H3,(H,14,16);1H. The quantitative estimate of drug-likeness (QED) is 0.613. The molecule has 106 valence electrons. The van der Waals surface area contributed by atoms with Crippen molar-refractivity contribution in [1.82, 2.24) is 10.6 Å². The Labute approximate surface area is 118 Å². The van der Waals surface area contributed by atoms with Crippen LogP contribution in [-0.4, -0.2) is 24.4 Å². The van der Waals surface area contributed by atoms with Crippen molar-refractivity contribution in [3.8, 4) is 0 Å². The van der Waals surface area contributed by atoms with Crippen LogP contribution < -0.4 is 10.6 Å². The van der Waals surface area contributed by atoms with Crippen molar-refractivity contribution in [2.24, 2.45) is 5.92 Å². The van der Waals surface area contributed by atoms with Crippen molar-refractivity contribution in [3.63, 3.8) is 0 Å². The molecule has 0 aliphatic carbocycles. The van der Waals surface area contributed by atoms with E-state index in [4.69, 9.17) is 0 Å². The summed E-state index contributed by atoms with van der Waals surface area (Å²) in [7, 11) is 1.79. The van der Waals surface area contributed by atoms with Gasteiger partial charge in [0.25, 0.3) is 5.69 Å². The summed E-state index contributed by atoms with van der Waals surface area (Å²) in [6.07, 6.45) is 0. The largest absolute Gasteiger partial charge is 0.352 e.